The molecule has 100 valence electrons. The minimum absolute atomic E-state index is 0.00434. The maximum absolute atomic E-state index is 12.8. The van der Waals surface area contributed by atoms with Crippen molar-refractivity contribution < 1.29 is 4.39 Å². The molecule has 19 heavy (non-hydrogen) atoms. The lowest BCUT2D eigenvalue weighted by molar-refractivity contribution is 0.628. The fourth-order valence-corrected chi connectivity index (χ4v) is 1.16. The second-order valence-electron chi connectivity index (χ2n) is 3.21. The van der Waals surface area contributed by atoms with Gasteiger partial charge in [-0.2, -0.15) is 10.2 Å². The third-order valence-electron chi connectivity index (χ3n) is 1.79. The molecule has 0 aliphatic carbocycles. The van der Waals surface area contributed by atoms with E-state index in [0.29, 0.717) is 11.3 Å². The summed E-state index contributed by atoms with van der Waals surface area (Å²) in [4.78, 5) is 0. The fourth-order valence-electron chi connectivity index (χ4n) is 1.06. The number of halogens is 1. The summed E-state index contributed by atoms with van der Waals surface area (Å²) in [6.45, 7) is 0. The Kier molecular flexibility index (Phi) is 5.76. The molecule has 0 unspecified atom stereocenters. The van der Waals surface area contributed by atoms with Crippen molar-refractivity contribution in [3.63, 3.8) is 0 Å². The molecule has 0 fully saturated rings. The van der Waals surface area contributed by atoms with E-state index in [1.807, 2.05) is 0 Å². The molecular formula is C10H11FN6S2. The SMILES string of the molecule is NC(=S)N/N=C/C(=N/NC(N)=S)c1ccc(F)cc1. The third kappa shape index (κ3) is 5.84. The van der Waals surface area contributed by atoms with Crippen LogP contribution >= 0.6 is 24.4 Å². The Labute approximate surface area is 119 Å². The van der Waals surface area contributed by atoms with Gasteiger partial charge in [0.1, 0.15) is 11.5 Å². The summed E-state index contributed by atoms with van der Waals surface area (Å²) in [7, 11) is 0. The van der Waals surface area contributed by atoms with E-state index in [9.17, 15) is 4.39 Å². The van der Waals surface area contributed by atoms with E-state index in [1.165, 1.54) is 30.5 Å². The molecule has 0 bridgehead atoms. The number of benzene rings is 1. The lowest BCUT2D eigenvalue weighted by Crippen LogP contribution is -2.27. The standard InChI is InChI=1S/C10H11FN6S2/c11-7-3-1-6(2-4-7)8(15-17-10(13)19)5-14-16-9(12)18/h1-5H,(H3,12,16,18)(H3,13,17,19)/b14-5+,15-8-. The third-order valence-corrected chi connectivity index (χ3v) is 1.97. The molecule has 1 rings (SSSR count). The van der Waals surface area contributed by atoms with Gasteiger partial charge in [0.2, 0.25) is 0 Å². The van der Waals surface area contributed by atoms with Crippen LogP contribution in [0.1, 0.15) is 5.56 Å². The van der Waals surface area contributed by atoms with Gasteiger partial charge in [0, 0.05) is 5.56 Å². The van der Waals surface area contributed by atoms with E-state index in [0.717, 1.165) is 0 Å². The van der Waals surface area contributed by atoms with Crippen LogP contribution in [0.5, 0.6) is 0 Å². The normalized spacial score (nSPS) is 11.3. The number of nitrogens with one attached hydrogen (secondary N) is 2. The van der Waals surface area contributed by atoms with E-state index in [1.54, 1.807) is 0 Å². The Bertz CT molecular complexity index is 525. The number of hydrogen-bond donors (Lipinski definition) is 4. The molecule has 0 aliphatic heterocycles. The molecule has 0 amide bonds. The highest BCUT2D eigenvalue weighted by Crippen LogP contribution is 2.03. The van der Waals surface area contributed by atoms with Crippen LogP contribution in [-0.4, -0.2) is 22.2 Å². The van der Waals surface area contributed by atoms with E-state index in [4.69, 9.17) is 11.5 Å². The fraction of sp³-hybridized carbons (Fsp3) is 0. The van der Waals surface area contributed by atoms with Crippen molar-refractivity contribution in [2.45, 2.75) is 0 Å². The molecule has 0 radical (unpaired) electrons. The smallest absolute Gasteiger partial charge is 0.184 e. The summed E-state index contributed by atoms with van der Waals surface area (Å²) >= 11 is 9.23. The van der Waals surface area contributed by atoms with Gasteiger partial charge in [0.05, 0.1) is 6.21 Å². The lowest BCUT2D eigenvalue weighted by atomic mass is 10.1. The number of hydrogen-bond acceptors (Lipinski definition) is 4. The van der Waals surface area contributed by atoms with Crippen LogP contribution in [0.3, 0.4) is 0 Å². The van der Waals surface area contributed by atoms with Crippen LogP contribution in [0.4, 0.5) is 4.39 Å². The molecule has 1 aromatic carbocycles. The highest BCUT2D eigenvalue weighted by atomic mass is 32.1. The molecule has 0 saturated heterocycles. The van der Waals surface area contributed by atoms with Crippen molar-refractivity contribution in [3.05, 3.63) is 35.6 Å². The van der Waals surface area contributed by atoms with Gasteiger partial charge in [-0.25, -0.2) is 4.39 Å². The first-order chi connectivity index (χ1) is 8.99. The molecule has 0 aromatic heterocycles. The molecule has 0 heterocycles. The summed E-state index contributed by atoms with van der Waals surface area (Å²) in [5.41, 5.74) is 16.3. The van der Waals surface area contributed by atoms with Crippen LogP contribution in [0, 0.1) is 5.82 Å². The summed E-state index contributed by atoms with van der Waals surface area (Å²) < 4.78 is 12.8. The molecule has 6 N–H and O–H groups in total. The predicted molar refractivity (Wildman–Crippen MR) is 81.3 cm³/mol. The van der Waals surface area contributed by atoms with Crippen LogP contribution < -0.4 is 22.3 Å². The van der Waals surface area contributed by atoms with E-state index in [2.05, 4.69) is 45.5 Å². The van der Waals surface area contributed by atoms with Gasteiger partial charge in [-0.3, -0.25) is 10.9 Å². The Hall–Kier alpha value is -2.13. The second kappa shape index (κ2) is 7.34. The Morgan fingerprint density at radius 3 is 2.21 bits per heavy atom. The first kappa shape index (κ1) is 14.9. The molecule has 9 heteroatoms. The average Bonchev–Trinajstić information content (AvgIpc) is 2.34. The highest BCUT2D eigenvalue weighted by molar-refractivity contribution is 7.80. The van der Waals surface area contributed by atoms with Gasteiger partial charge in [-0.05, 0) is 48.7 Å². The number of thiocarbonyl (C=S) groups is 2. The van der Waals surface area contributed by atoms with Crippen LogP contribution in [0.2, 0.25) is 0 Å². The van der Waals surface area contributed by atoms with Gasteiger partial charge in [0.15, 0.2) is 10.2 Å². The van der Waals surface area contributed by atoms with Crippen molar-refractivity contribution in [1.82, 2.24) is 10.9 Å². The van der Waals surface area contributed by atoms with Crippen LogP contribution in [-0.2, 0) is 0 Å². The van der Waals surface area contributed by atoms with E-state index >= 15 is 0 Å². The van der Waals surface area contributed by atoms with Crippen LogP contribution in [0.25, 0.3) is 0 Å². The van der Waals surface area contributed by atoms with E-state index < -0.39 is 0 Å². The van der Waals surface area contributed by atoms with Gasteiger partial charge < -0.3 is 11.5 Å². The summed E-state index contributed by atoms with van der Waals surface area (Å²) in [6.07, 6.45) is 1.34. The number of nitrogens with two attached hydrogens (primary N) is 2. The maximum Gasteiger partial charge on any atom is 0.184 e. The predicted octanol–water partition coefficient (Wildman–Crippen LogP) is 0.182. The molecule has 0 aliphatic rings. The Morgan fingerprint density at radius 1 is 1.11 bits per heavy atom. The van der Waals surface area contributed by atoms with Crippen molar-refractivity contribution in [2.24, 2.45) is 21.7 Å². The summed E-state index contributed by atoms with van der Waals surface area (Å²) in [6, 6.07) is 5.64. The Morgan fingerprint density at radius 2 is 1.68 bits per heavy atom. The topological polar surface area (TPSA) is 101 Å². The highest BCUT2D eigenvalue weighted by Gasteiger charge is 2.02. The molecule has 0 atom stereocenters. The maximum atomic E-state index is 12.8. The molecule has 6 nitrogen and oxygen atoms in total. The second-order valence-corrected chi connectivity index (χ2v) is 4.09. The van der Waals surface area contributed by atoms with Gasteiger partial charge in [-0.15, -0.1) is 0 Å². The zero-order valence-electron chi connectivity index (χ0n) is 9.63. The first-order valence-corrected chi connectivity index (χ1v) is 5.78. The lowest BCUT2D eigenvalue weighted by Gasteiger charge is -2.03. The number of hydrazone groups is 2. The number of rotatable bonds is 4. The molecule has 0 saturated carbocycles. The largest absolute Gasteiger partial charge is 0.375 e. The minimum Gasteiger partial charge on any atom is -0.375 e. The summed E-state index contributed by atoms with van der Waals surface area (Å²) in [5, 5.41) is 7.69. The quantitative estimate of drug-likeness (QED) is 0.359. The van der Waals surface area contributed by atoms with E-state index in [-0.39, 0.29) is 16.0 Å². The Balaban J connectivity index is 2.94. The van der Waals surface area contributed by atoms with Crippen molar-refractivity contribution >= 4 is 46.6 Å². The van der Waals surface area contributed by atoms with Gasteiger partial charge in [0.25, 0.3) is 0 Å². The van der Waals surface area contributed by atoms with Crippen LogP contribution in [0.15, 0.2) is 34.5 Å². The molecule has 0 spiro atoms. The summed E-state index contributed by atoms with van der Waals surface area (Å²) in [5.74, 6) is -0.358. The zero-order chi connectivity index (χ0) is 14.3. The molecule has 1 aromatic rings. The first-order valence-electron chi connectivity index (χ1n) is 4.96. The monoisotopic (exact) mass is 298 g/mol. The number of nitrogens with zero attached hydrogens (tertiary/aromatic N) is 2. The van der Waals surface area contributed by atoms with Crippen molar-refractivity contribution in [2.75, 3.05) is 0 Å². The zero-order valence-corrected chi connectivity index (χ0v) is 11.3. The molecular weight excluding hydrogens is 287 g/mol. The van der Waals surface area contributed by atoms with Crippen molar-refractivity contribution in [3.8, 4) is 0 Å². The van der Waals surface area contributed by atoms with Crippen molar-refractivity contribution in [1.29, 1.82) is 0 Å². The van der Waals surface area contributed by atoms with Gasteiger partial charge in [-0.1, -0.05) is 0 Å². The minimum atomic E-state index is -0.358. The average molecular weight is 298 g/mol. The van der Waals surface area contributed by atoms with Gasteiger partial charge >= 0.3 is 0 Å².